The van der Waals surface area contributed by atoms with Crippen LogP contribution in [0.25, 0.3) is 0 Å². The van der Waals surface area contributed by atoms with Crippen LogP contribution in [0.2, 0.25) is 0 Å². The molecule has 0 spiro atoms. The number of ether oxygens (including phenoxy) is 1. The maximum atomic E-state index is 11.2. The number of allylic oxidation sites excluding steroid dienone is 4. The molecule has 1 unspecified atom stereocenters. The van der Waals surface area contributed by atoms with Crippen molar-refractivity contribution in [1.82, 2.24) is 0 Å². The van der Waals surface area contributed by atoms with E-state index in [9.17, 15) is 9.90 Å². The second kappa shape index (κ2) is 30.0. The van der Waals surface area contributed by atoms with Crippen LogP contribution in [0, 0.1) is 0 Å². The van der Waals surface area contributed by atoms with Crippen molar-refractivity contribution in [2.24, 2.45) is 0 Å². The molecule has 2 N–H and O–H groups in total. The molecule has 0 radical (unpaired) electrons. The number of anilines is 1. The number of rotatable bonds is 31. The fourth-order valence-corrected chi connectivity index (χ4v) is 5.38. The normalized spacial score (nSPS) is 12.4. The highest BCUT2D eigenvalue weighted by atomic mass is 16.5. The molecule has 0 bridgehead atoms. The predicted octanol–water partition coefficient (Wildman–Crippen LogP) is 12.7. The molecule has 1 rings (SSSR count). The van der Waals surface area contributed by atoms with Crippen LogP contribution in [0.5, 0.6) is 0 Å². The number of unbranched alkanes of at least 4 members (excludes halogenated alkanes) is 19. The number of carboxylic acid groups (broad SMARTS) is 1. The first-order valence-electron chi connectivity index (χ1n) is 18.2. The van der Waals surface area contributed by atoms with Gasteiger partial charge in [-0.05, 0) is 75.6 Å². The number of hydrogen-bond acceptors (Lipinski definition) is 3. The van der Waals surface area contributed by atoms with Gasteiger partial charge in [-0.3, -0.25) is 0 Å². The Balaban J connectivity index is 2.24. The number of carbonyl (C=O) groups is 1. The Kier molecular flexibility index (Phi) is 27.2. The lowest BCUT2D eigenvalue weighted by atomic mass is 10.1. The van der Waals surface area contributed by atoms with Gasteiger partial charge >= 0.3 is 5.97 Å². The highest BCUT2D eigenvalue weighted by Crippen LogP contribution is 2.16. The van der Waals surface area contributed by atoms with Crippen molar-refractivity contribution in [3.8, 4) is 0 Å². The SMILES string of the molecule is CCCCCCCCCCCC=CCCCOC(CCC=CCCCCCCCCCCC)Nc1ccc(C(=O)O)cc1. The Labute approximate surface area is 266 Å². The smallest absolute Gasteiger partial charge is 0.335 e. The van der Waals surface area contributed by atoms with Gasteiger partial charge in [0.15, 0.2) is 0 Å². The second-order valence-corrected chi connectivity index (χ2v) is 12.3. The van der Waals surface area contributed by atoms with E-state index in [0.29, 0.717) is 5.56 Å². The average molecular weight is 598 g/mol. The first kappa shape index (κ1) is 39.0. The third kappa shape index (κ3) is 25.0. The lowest BCUT2D eigenvalue weighted by molar-refractivity contribution is 0.0658. The minimum atomic E-state index is -0.901. The molecule has 4 heteroatoms. The van der Waals surface area contributed by atoms with Gasteiger partial charge in [0.1, 0.15) is 6.23 Å². The summed E-state index contributed by atoms with van der Waals surface area (Å²) < 4.78 is 6.24. The van der Waals surface area contributed by atoms with E-state index in [1.54, 1.807) is 12.1 Å². The summed E-state index contributed by atoms with van der Waals surface area (Å²) in [6.07, 6.45) is 40.2. The Hall–Kier alpha value is -2.07. The van der Waals surface area contributed by atoms with Crippen molar-refractivity contribution in [2.45, 2.75) is 174 Å². The number of nitrogens with one attached hydrogen (secondary N) is 1. The van der Waals surface area contributed by atoms with Crippen LogP contribution < -0.4 is 5.32 Å². The summed E-state index contributed by atoms with van der Waals surface area (Å²) >= 11 is 0. The fourth-order valence-electron chi connectivity index (χ4n) is 5.38. The van der Waals surface area contributed by atoms with E-state index in [-0.39, 0.29) is 6.23 Å². The van der Waals surface area contributed by atoms with E-state index in [1.165, 1.54) is 122 Å². The number of aromatic carboxylic acids is 1. The zero-order valence-corrected chi connectivity index (χ0v) is 28.1. The van der Waals surface area contributed by atoms with Gasteiger partial charge in [0, 0.05) is 12.3 Å². The van der Waals surface area contributed by atoms with Crippen molar-refractivity contribution >= 4 is 11.7 Å². The van der Waals surface area contributed by atoms with Gasteiger partial charge in [0.05, 0.1) is 5.56 Å². The zero-order chi connectivity index (χ0) is 31.1. The van der Waals surface area contributed by atoms with E-state index < -0.39 is 5.97 Å². The topological polar surface area (TPSA) is 58.6 Å². The van der Waals surface area contributed by atoms with Crippen LogP contribution in [-0.2, 0) is 4.74 Å². The summed E-state index contributed by atoms with van der Waals surface area (Å²) in [7, 11) is 0. The second-order valence-electron chi connectivity index (χ2n) is 12.3. The molecular weight excluding hydrogens is 530 g/mol. The molecule has 0 saturated carbocycles. The largest absolute Gasteiger partial charge is 0.478 e. The number of hydrogen-bond donors (Lipinski definition) is 2. The fraction of sp³-hybridized carbons (Fsp3) is 0.718. The van der Waals surface area contributed by atoms with Crippen LogP contribution in [0.3, 0.4) is 0 Å². The van der Waals surface area contributed by atoms with Gasteiger partial charge in [-0.15, -0.1) is 0 Å². The van der Waals surface area contributed by atoms with Crippen molar-refractivity contribution < 1.29 is 14.6 Å². The Bertz CT molecular complexity index is 801. The molecule has 0 fully saturated rings. The Morgan fingerprint density at radius 3 is 1.51 bits per heavy atom. The maximum Gasteiger partial charge on any atom is 0.335 e. The molecule has 1 aromatic rings. The third-order valence-corrected chi connectivity index (χ3v) is 8.17. The molecule has 0 saturated heterocycles. The van der Waals surface area contributed by atoms with E-state index in [1.807, 2.05) is 12.1 Å². The van der Waals surface area contributed by atoms with Gasteiger partial charge < -0.3 is 15.2 Å². The molecule has 0 amide bonds. The van der Waals surface area contributed by atoms with Gasteiger partial charge in [0.25, 0.3) is 0 Å². The van der Waals surface area contributed by atoms with E-state index in [4.69, 9.17) is 4.74 Å². The molecular formula is C39H67NO3. The Morgan fingerprint density at radius 1 is 0.628 bits per heavy atom. The monoisotopic (exact) mass is 598 g/mol. The predicted molar refractivity (Wildman–Crippen MR) is 187 cm³/mol. The molecule has 246 valence electrons. The molecule has 0 aliphatic carbocycles. The van der Waals surface area contributed by atoms with Crippen LogP contribution >= 0.6 is 0 Å². The van der Waals surface area contributed by atoms with Crippen molar-refractivity contribution in [1.29, 1.82) is 0 Å². The summed E-state index contributed by atoms with van der Waals surface area (Å²) in [6, 6.07) is 6.94. The highest BCUT2D eigenvalue weighted by Gasteiger charge is 2.09. The van der Waals surface area contributed by atoms with Crippen LogP contribution in [0.1, 0.15) is 178 Å². The average Bonchev–Trinajstić information content (AvgIpc) is 3.01. The number of carboxylic acids is 1. The van der Waals surface area contributed by atoms with Gasteiger partial charge in [-0.2, -0.15) is 0 Å². The van der Waals surface area contributed by atoms with Crippen LogP contribution in [0.15, 0.2) is 48.6 Å². The lowest BCUT2D eigenvalue weighted by Crippen LogP contribution is -2.23. The Morgan fingerprint density at radius 2 is 1.05 bits per heavy atom. The highest BCUT2D eigenvalue weighted by molar-refractivity contribution is 5.88. The first-order valence-corrected chi connectivity index (χ1v) is 18.2. The third-order valence-electron chi connectivity index (χ3n) is 8.17. The molecule has 1 aromatic carbocycles. The number of benzene rings is 1. The van der Waals surface area contributed by atoms with Crippen LogP contribution in [0.4, 0.5) is 5.69 Å². The van der Waals surface area contributed by atoms with Crippen molar-refractivity contribution in [3.05, 3.63) is 54.1 Å². The van der Waals surface area contributed by atoms with Crippen LogP contribution in [-0.4, -0.2) is 23.9 Å². The maximum absolute atomic E-state index is 11.2. The minimum Gasteiger partial charge on any atom is -0.478 e. The first-order chi connectivity index (χ1) is 21.2. The molecule has 0 aliphatic rings. The van der Waals surface area contributed by atoms with E-state index >= 15 is 0 Å². The van der Waals surface area contributed by atoms with Gasteiger partial charge in [-0.25, -0.2) is 4.79 Å². The lowest BCUT2D eigenvalue weighted by Gasteiger charge is -2.20. The quantitative estimate of drug-likeness (QED) is 0.0508. The summed E-state index contributed by atoms with van der Waals surface area (Å²) in [5, 5.41) is 12.7. The summed E-state index contributed by atoms with van der Waals surface area (Å²) in [5.74, 6) is -0.901. The molecule has 4 nitrogen and oxygen atoms in total. The summed E-state index contributed by atoms with van der Waals surface area (Å²) in [5.41, 5.74) is 1.20. The van der Waals surface area contributed by atoms with Gasteiger partial charge in [0.2, 0.25) is 0 Å². The minimum absolute atomic E-state index is 0.0843. The van der Waals surface area contributed by atoms with E-state index in [0.717, 1.165) is 44.4 Å². The zero-order valence-electron chi connectivity index (χ0n) is 28.1. The summed E-state index contributed by atoms with van der Waals surface area (Å²) in [6.45, 7) is 5.27. The molecule has 0 heterocycles. The molecule has 0 aliphatic heterocycles. The van der Waals surface area contributed by atoms with E-state index in [2.05, 4.69) is 43.5 Å². The molecule has 1 atom stereocenters. The molecule has 0 aromatic heterocycles. The van der Waals surface area contributed by atoms with Gasteiger partial charge in [-0.1, -0.05) is 141 Å². The summed E-state index contributed by atoms with van der Waals surface area (Å²) in [4.78, 5) is 11.2. The standard InChI is InChI=1S/C39H67NO3/c1-3-5-7-9-11-13-15-17-19-21-23-25-27-29-35-43-38(40-37-33-31-36(32-34-37)39(41)42)30-28-26-24-22-20-18-16-14-12-10-8-6-4-2/h23-26,31-34,38,40H,3-22,27-30,35H2,1-2H3,(H,41,42). The molecule has 43 heavy (non-hydrogen) atoms. The van der Waals surface area contributed by atoms with Crippen molar-refractivity contribution in [3.63, 3.8) is 0 Å². The van der Waals surface area contributed by atoms with Crippen molar-refractivity contribution in [2.75, 3.05) is 11.9 Å².